The van der Waals surface area contributed by atoms with Crippen LogP contribution in [0.3, 0.4) is 0 Å². The maximum absolute atomic E-state index is 4.38. The van der Waals surface area contributed by atoms with Crippen LogP contribution in [-0.4, -0.2) is 33.0 Å². The summed E-state index contributed by atoms with van der Waals surface area (Å²) < 4.78 is 0. The lowest BCUT2D eigenvalue weighted by Crippen LogP contribution is -2.37. The summed E-state index contributed by atoms with van der Waals surface area (Å²) in [4.78, 5) is 19.5. The molecule has 2 aromatic rings. The Bertz CT molecular complexity index is 502. The molecule has 0 bridgehead atoms. The fraction of sp³-hybridized carbons (Fsp3) is 0.429. The number of anilines is 1. The van der Waals surface area contributed by atoms with Gasteiger partial charge in [-0.15, -0.1) is 0 Å². The molecule has 98 valence electrons. The summed E-state index contributed by atoms with van der Waals surface area (Å²) in [6.07, 6.45) is 12.3. The minimum atomic E-state index is 0.596. The van der Waals surface area contributed by atoms with Gasteiger partial charge in [0.15, 0.2) is 0 Å². The van der Waals surface area contributed by atoms with E-state index in [2.05, 4.69) is 24.8 Å². The molecule has 3 rings (SSSR count). The minimum Gasteiger partial charge on any atom is -0.355 e. The maximum Gasteiger partial charge on any atom is 0.147 e. The lowest BCUT2D eigenvalue weighted by molar-refractivity contribution is 0.404. The summed E-state index contributed by atoms with van der Waals surface area (Å²) in [5.74, 6) is 2.51. The highest BCUT2D eigenvalue weighted by molar-refractivity contribution is 5.35. The van der Waals surface area contributed by atoms with Gasteiger partial charge in [-0.1, -0.05) is 0 Å². The highest BCUT2D eigenvalue weighted by Crippen LogP contribution is 2.22. The number of hydrogen-bond donors (Lipinski definition) is 0. The van der Waals surface area contributed by atoms with Gasteiger partial charge in [0.1, 0.15) is 11.6 Å². The summed E-state index contributed by atoms with van der Waals surface area (Å²) >= 11 is 0. The van der Waals surface area contributed by atoms with Gasteiger partial charge in [-0.2, -0.15) is 0 Å². The van der Waals surface area contributed by atoms with Crippen molar-refractivity contribution >= 4 is 5.82 Å². The molecular weight excluding hydrogens is 238 g/mol. The molecule has 3 heterocycles. The molecule has 1 fully saturated rings. The molecular formula is C14H17N5. The van der Waals surface area contributed by atoms with Crippen molar-refractivity contribution in [3.8, 4) is 0 Å². The van der Waals surface area contributed by atoms with Crippen LogP contribution in [-0.2, 0) is 6.42 Å². The molecule has 5 nitrogen and oxygen atoms in total. The van der Waals surface area contributed by atoms with Gasteiger partial charge in [-0.25, -0.2) is 15.0 Å². The van der Waals surface area contributed by atoms with E-state index in [4.69, 9.17) is 0 Å². The first kappa shape index (κ1) is 12.0. The normalized spacial score (nSPS) is 19.4. The topological polar surface area (TPSA) is 54.8 Å². The van der Waals surface area contributed by atoms with E-state index in [0.29, 0.717) is 5.92 Å². The number of hydrogen-bond acceptors (Lipinski definition) is 5. The predicted molar refractivity (Wildman–Crippen MR) is 72.7 cm³/mol. The van der Waals surface area contributed by atoms with Gasteiger partial charge in [0, 0.05) is 44.3 Å². The Morgan fingerprint density at radius 3 is 2.79 bits per heavy atom. The Morgan fingerprint density at radius 1 is 1.11 bits per heavy atom. The van der Waals surface area contributed by atoms with Crippen molar-refractivity contribution in [1.82, 2.24) is 19.9 Å². The summed E-state index contributed by atoms with van der Waals surface area (Å²) in [6, 6.07) is 1.86. The summed E-state index contributed by atoms with van der Waals surface area (Å²) in [7, 11) is 0. The van der Waals surface area contributed by atoms with E-state index in [-0.39, 0.29) is 0 Å². The Balaban J connectivity index is 1.65. The molecule has 0 aliphatic carbocycles. The van der Waals surface area contributed by atoms with Crippen molar-refractivity contribution in [3.63, 3.8) is 0 Å². The maximum atomic E-state index is 4.38. The number of rotatable bonds is 3. The highest BCUT2D eigenvalue weighted by Gasteiger charge is 2.21. The lowest BCUT2D eigenvalue weighted by Gasteiger charge is -2.33. The van der Waals surface area contributed by atoms with E-state index in [1.807, 2.05) is 24.7 Å². The van der Waals surface area contributed by atoms with E-state index in [1.165, 1.54) is 12.8 Å². The van der Waals surface area contributed by atoms with Gasteiger partial charge in [0.05, 0.1) is 6.20 Å². The monoisotopic (exact) mass is 255 g/mol. The molecule has 0 radical (unpaired) electrons. The Hall–Kier alpha value is -2.04. The summed E-state index contributed by atoms with van der Waals surface area (Å²) in [6.45, 7) is 2.07. The second-order valence-electron chi connectivity index (χ2n) is 4.89. The van der Waals surface area contributed by atoms with Gasteiger partial charge in [0.2, 0.25) is 0 Å². The molecule has 0 aromatic carbocycles. The van der Waals surface area contributed by atoms with Crippen molar-refractivity contribution < 1.29 is 0 Å². The fourth-order valence-corrected chi connectivity index (χ4v) is 2.59. The summed E-state index contributed by atoms with van der Waals surface area (Å²) in [5.41, 5.74) is 0. The van der Waals surface area contributed by atoms with Crippen LogP contribution in [0.2, 0.25) is 0 Å². The van der Waals surface area contributed by atoms with Crippen molar-refractivity contribution in [2.75, 3.05) is 18.0 Å². The van der Waals surface area contributed by atoms with Crippen LogP contribution >= 0.6 is 0 Å². The molecule has 1 unspecified atom stereocenters. The van der Waals surface area contributed by atoms with Crippen LogP contribution in [0.5, 0.6) is 0 Å². The molecule has 1 atom stereocenters. The third-order valence-electron chi connectivity index (χ3n) is 3.48. The standard InChI is InChI=1S/C14H17N5/c1-3-12(9-13-16-4-2-5-17-13)11-19(8-1)14-10-15-6-7-18-14/h2,4-7,10,12H,1,3,8-9,11H2. The molecule has 5 heteroatoms. The largest absolute Gasteiger partial charge is 0.355 e. The molecule has 19 heavy (non-hydrogen) atoms. The smallest absolute Gasteiger partial charge is 0.147 e. The van der Waals surface area contributed by atoms with E-state index < -0.39 is 0 Å². The number of nitrogens with zero attached hydrogens (tertiary/aromatic N) is 5. The van der Waals surface area contributed by atoms with Crippen LogP contribution in [0.4, 0.5) is 5.82 Å². The first-order chi connectivity index (χ1) is 9.42. The predicted octanol–water partition coefficient (Wildman–Crippen LogP) is 1.73. The average molecular weight is 255 g/mol. The molecule has 0 amide bonds. The van der Waals surface area contributed by atoms with Crippen molar-refractivity contribution in [3.05, 3.63) is 42.9 Å². The van der Waals surface area contributed by atoms with Crippen LogP contribution in [0.15, 0.2) is 37.1 Å². The van der Waals surface area contributed by atoms with Crippen LogP contribution < -0.4 is 4.90 Å². The van der Waals surface area contributed by atoms with E-state index in [9.17, 15) is 0 Å². The van der Waals surface area contributed by atoms with Gasteiger partial charge >= 0.3 is 0 Å². The first-order valence-corrected chi connectivity index (χ1v) is 6.68. The Kier molecular flexibility index (Phi) is 3.63. The Morgan fingerprint density at radius 2 is 2.00 bits per heavy atom. The van der Waals surface area contributed by atoms with Gasteiger partial charge in [-0.05, 0) is 24.8 Å². The number of piperidine rings is 1. The van der Waals surface area contributed by atoms with Gasteiger partial charge in [-0.3, -0.25) is 4.98 Å². The first-order valence-electron chi connectivity index (χ1n) is 6.68. The van der Waals surface area contributed by atoms with E-state index >= 15 is 0 Å². The third-order valence-corrected chi connectivity index (χ3v) is 3.48. The second-order valence-corrected chi connectivity index (χ2v) is 4.89. The van der Waals surface area contributed by atoms with E-state index in [1.54, 1.807) is 12.4 Å². The molecule has 1 saturated heterocycles. The van der Waals surface area contributed by atoms with Crippen molar-refractivity contribution in [1.29, 1.82) is 0 Å². The fourth-order valence-electron chi connectivity index (χ4n) is 2.59. The van der Waals surface area contributed by atoms with Crippen LogP contribution in [0.1, 0.15) is 18.7 Å². The molecule has 0 N–H and O–H groups in total. The van der Waals surface area contributed by atoms with Crippen molar-refractivity contribution in [2.45, 2.75) is 19.3 Å². The minimum absolute atomic E-state index is 0.596. The SMILES string of the molecule is c1cnc(CC2CCCN(c3cnccn3)C2)nc1. The second kappa shape index (κ2) is 5.73. The zero-order chi connectivity index (χ0) is 12.9. The molecule has 2 aromatic heterocycles. The van der Waals surface area contributed by atoms with Gasteiger partial charge in [0.25, 0.3) is 0 Å². The van der Waals surface area contributed by atoms with Crippen molar-refractivity contribution in [2.24, 2.45) is 5.92 Å². The highest BCUT2D eigenvalue weighted by atomic mass is 15.2. The van der Waals surface area contributed by atoms with E-state index in [0.717, 1.165) is 31.2 Å². The number of aromatic nitrogens is 4. The van der Waals surface area contributed by atoms with Crippen LogP contribution in [0, 0.1) is 5.92 Å². The lowest BCUT2D eigenvalue weighted by atomic mass is 9.94. The molecule has 0 spiro atoms. The third kappa shape index (κ3) is 3.05. The molecule has 1 aliphatic rings. The Labute approximate surface area is 112 Å². The molecule has 1 aliphatic heterocycles. The quantitative estimate of drug-likeness (QED) is 0.836. The molecule has 0 saturated carbocycles. The zero-order valence-corrected chi connectivity index (χ0v) is 10.8. The van der Waals surface area contributed by atoms with Gasteiger partial charge < -0.3 is 4.90 Å². The van der Waals surface area contributed by atoms with Crippen LogP contribution in [0.25, 0.3) is 0 Å². The zero-order valence-electron chi connectivity index (χ0n) is 10.8. The summed E-state index contributed by atoms with van der Waals surface area (Å²) in [5, 5.41) is 0. The average Bonchev–Trinajstić information content (AvgIpc) is 2.49.